The van der Waals surface area contributed by atoms with Crippen molar-refractivity contribution >= 4 is 11.6 Å². The smallest absolute Gasteiger partial charge is 0.252 e. The second kappa shape index (κ2) is 5.59. The van der Waals surface area contributed by atoms with Crippen LogP contribution in [0.1, 0.15) is 23.7 Å². The number of carbonyl (C=O) groups excluding carboxylic acids is 1. The summed E-state index contributed by atoms with van der Waals surface area (Å²) in [6.07, 6.45) is 3.94. The number of aromatic nitrogens is 3. The number of aliphatic hydroxyl groups excluding tert-OH is 1. The third-order valence-corrected chi connectivity index (χ3v) is 2.79. The highest BCUT2D eigenvalue weighted by atomic mass is 16.3. The first-order valence-electron chi connectivity index (χ1n) is 5.89. The minimum atomic E-state index is -0.129. The van der Waals surface area contributed by atoms with Gasteiger partial charge in [0.05, 0.1) is 5.56 Å². The first-order chi connectivity index (χ1) is 8.70. The van der Waals surface area contributed by atoms with E-state index in [4.69, 9.17) is 5.11 Å². The highest BCUT2D eigenvalue weighted by Crippen LogP contribution is 2.04. The maximum atomic E-state index is 11.9. The van der Waals surface area contributed by atoms with Crippen LogP contribution >= 0.6 is 0 Å². The highest BCUT2D eigenvalue weighted by molar-refractivity contribution is 5.94. The number of fused-ring (bicyclic) bond motifs is 1. The summed E-state index contributed by atoms with van der Waals surface area (Å²) in [4.78, 5) is 11.9. The van der Waals surface area contributed by atoms with Crippen LogP contribution in [0.2, 0.25) is 0 Å². The fourth-order valence-corrected chi connectivity index (χ4v) is 1.65. The molecule has 2 rings (SSSR count). The van der Waals surface area contributed by atoms with E-state index in [1.165, 1.54) is 0 Å². The number of nitrogens with zero attached hydrogens (tertiary/aromatic N) is 3. The highest BCUT2D eigenvalue weighted by Gasteiger charge is 2.08. The van der Waals surface area contributed by atoms with Gasteiger partial charge in [-0.05, 0) is 24.5 Å². The molecule has 0 spiro atoms. The molecule has 2 heterocycles. The fraction of sp³-hybridized carbons (Fsp3) is 0.417. The van der Waals surface area contributed by atoms with Crippen molar-refractivity contribution in [2.45, 2.75) is 13.3 Å². The summed E-state index contributed by atoms with van der Waals surface area (Å²) in [5.41, 5.74) is 1.28. The zero-order valence-corrected chi connectivity index (χ0v) is 10.2. The summed E-state index contributed by atoms with van der Waals surface area (Å²) in [5, 5.41) is 19.2. The summed E-state index contributed by atoms with van der Waals surface area (Å²) in [6, 6.07) is 3.47. The number of pyridine rings is 1. The molecule has 96 valence electrons. The van der Waals surface area contributed by atoms with Gasteiger partial charge in [-0.25, -0.2) is 0 Å². The Labute approximate surface area is 105 Å². The van der Waals surface area contributed by atoms with Gasteiger partial charge < -0.3 is 10.4 Å². The Morgan fingerprint density at radius 2 is 2.39 bits per heavy atom. The van der Waals surface area contributed by atoms with E-state index in [1.807, 2.05) is 6.92 Å². The molecule has 2 N–H and O–H groups in total. The molecule has 0 fully saturated rings. The van der Waals surface area contributed by atoms with E-state index in [0.717, 1.165) is 0 Å². The van der Waals surface area contributed by atoms with Gasteiger partial charge >= 0.3 is 0 Å². The van der Waals surface area contributed by atoms with Crippen molar-refractivity contribution in [2.24, 2.45) is 5.92 Å². The van der Waals surface area contributed by atoms with E-state index < -0.39 is 0 Å². The molecule has 0 aliphatic rings. The van der Waals surface area contributed by atoms with Gasteiger partial charge in [-0.1, -0.05) is 6.92 Å². The standard InChI is InChI=1S/C12H16N4O2/c1-9(4-5-17)6-13-12(18)10-2-3-11-15-14-8-16(11)7-10/h2-3,7-9,17H,4-6H2,1H3,(H,13,18). The zero-order valence-electron chi connectivity index (χ0n) is 10.2. The van der Waals surface area contributed by atoms with E-state index in [2.05, 4.69) is 15.5 Å². The van der Waals surface area contributed by atoms with Gasteiger partial charge in [0.1, 0.15) is 6.33 Å². The molecule has 1 atom stereocenters. The van der Waals surface area contributed by atoms with Crippen molar-refractivity contribution in [1.82, 2.24) is 19.9 Å². The number of rotatable bonds is 5. The Balaban J connectivity index is 1.99. The maximum absolute atomic E-state index is 11.9. The first-order valence-corrected chi connectivity index (χ1v) is 5.89. The van der Waals surface area contributed by atoms with Gasteiger partial charge in [-0.3, -0.25) is 9.20 Å². The van der Waals surface area contributed by atoms with Crippen molar-refractivity contribution in [1.29, 1.82) is 0 Å². The Hall–Kier alpha value is -1.95. The molecule has 18 heavy (non-hydrogen) atoms. The number of nitrogens with one attached hydrogen (secondary N) is 1. The average Bonchev–Trinajstić information content (AvgIpc) is 2.83. The number of hydrogen-bond acceptors (Lipinski definition) is 4. The second-order valence-electron chi connectivity index (χ2n) is 4.34. The minimum Gasteiger partial charge on any atom is -0.396 e. The molecule has 6 heteroatoms. The van der Waals surface area contributed by atoms with Crippen LogP contribution in [0.15, 0.2) is 24.7 Å². The average molecular weight is 248 g/mol. The molecular formula is C12H16N4O2. The topological polar surface area (TPSA) is 79.5 Å². The van der Waals surface area contributed by atoms with Gasteiger partial charge in [0, 0.05) is 19.3 Å². The Morgan fingerprint density at radius 3 is 3.17 bits per heavy atom. The Kier molecular flexibility index (Phi) is 3.88. The Bertz CT molecular complexity index is 538. The van der Waals surface area contributed by atoms with Crippen LogP contribution in [-0.2, 0) is 0 Å². The SMILES string of the molecule is CC(CCO)CNC(=O)c1ccc2nncn2c1. The maximum Gasteiger partial charge on any atom is 0.252 e. The van der Waals surface area contributed by atoms with E-state index in [1.54, 1.807) is 29.1 Å². The molecule has 2 aromatic rings. The lowest BCUT2D eigenvalue weighted by molar-refractivity contribution is 0.0945. The van der Waals surface area contributed by atoms with Gasteiger partial charge in [-0.15, -0.1) is 10.2 Å². The van der Waals surface area contributed by atoms with Crippen LogP contribution in [0.3, 0.4) is 0 Å². The van der Waals surface area contributed by atoms with Crippen LogP contribution in [0.25, 0.3) is 5.65 Å². The number of amides is 1. The lowest BCUT2D eigenvalue weighted by Gasteiger charge is -2.11. The number of carbonyl (C=O) groups is 1. The van der Waals surface area contributed by atoms with Gasteiger partial charge in [0.15, 0.2) is 5.65 Å². The van der Waals surface area contributed by atoms with Crippen LogP contribution in [0.4, 0.5) is 0 Å². The van der Waals surface area contributed by atoms with Crippen molar-refractivity contribution in [3.8, 4) is 0 Å². The summed E-state index contributed by atoms with van der Waals surface area (Å²) in [5.74, 6) is 0.132. The van der Waals surface area contributed by atoms with Crippen LogP contribution < -0.4 is 5.32 Å². The lowest BCUT2D eigenvalue weighted by atomic mass is 10.1. The van der Waals surface area contributed by atoms with Crippen LogP contribution in [0.5, 0.6) is 0 Å². The summed E-state index contributed by atoms with van der Waals surface area (Å²) >= 11 is 0. The first kappa shape index (κ1) is 12.5. The van der Waals surface area contributed by atoms with Gasteiger partial charge in [0.2, 0.25) is 0 Å². The molecule has 1 amide bonds. The third kappa shape index (κ3) is 2.84. The fourth-order valence-electron chi connectivity index (χ4n) is 1.65. The van der Waals surface area contributed by atoms with Gasteiger partial charge in [0.25, 0.3) is 5.91 Å². The second-order valence-corrected chi connectivity index (χ2v) is 4.34. The third-order valence-electron chi connectivity index (χ3n) is 2.79. The molecule has 0 aliphatic carbocycles. The van der Waals surface area contributed by atoms with Gasteiger partial charge in [-0.2, -0.15) is 0 Å². The predicted molar refractivity (Wildman–Crippen MR) is 66.2 cm³/mol. The lowest BCUT2D eigenvalue weighted by Crippen LogP contribution is -2.28. The monoisotopic (exact) mass is 248 g/mol. The molecule has 1 unspecified atom stereocenters. The molecule has 0 aromatic carbocycles. The normalized spacial score (nSPS) is 12.6. The predicted octanol–water partition coefficient (Wildman–Crippen LogP) is 0.478. The molecule has 0 saturated carbocycles. The molecular weight excluding hydrogens is 232 g/mol. The Morgan fingerprint density at radius 1 is 1.56 bits per heavy atom. The van der Waals surface area contributed by atoms with Crippen molar-refractivity contribution in [2.75, 3.05) is 13.2 Å². The van der Waals surface area contributed by atoms with Crippen LogP contribution in [0, 0.1) is 5.92 Å². The van der Waals surface area contributed by atoms with Crippen LogP contribution in [-0.4, -0.2) is 38.8 Å². The molecule has 0 bridgehead atoms. The molecule has 2 aromatic heterocycles. The largest absolute Gasteiger partial charge is 0.396 e. The van der Waals surface area contributed by atoms with E-state index >= 15 is 0 Å². The zero-order chi connectivity index (χ0) is 13.0. The van der Waals surface area contributed by atoms with E-state index in [0.29, 0.717) is 24.2 Å². The minimum absolute atomic E-state index is 0.129. The number of hydrogen-bond donors (Lipinski definition) is 2. The van der Waals surface area contributed by atoms with Crippen molar-refractivity contribution in [3.63, 3.8) is 0 Å². The van der Waals surface area contributed by atoms with Crippen molar-refractivity contribution in [3.05, 3.63) is 30.2 Å². The summed E-state index contributed by atoms with van der Waals surface area (Å²) in [6.45, 7) is 2.68. The number of aliphatic hydroxyl groups is 1. The quantitative estimate of drug-likeness (QED) is 0.806. The van der Waals surface area contributed by atoms with Crippen molar-refractivity contribution < 1.29 is 9.90 Å². The molecule has 0 radical (unpaired) electrons. The van der Waals surface area contributed by atoms with E-state index in [9.17, 15) is 4.79 Å². The van der Waals surface area contributed by atoms with E-state index in [-0.39, 0.29) is 18.4 Å². The molecule has 0 saturated heterocycles. The molecule has 0 aliphatic heterocycles. The molecule has 6 nitrogen and oxygen atoms in total. The summed E-state index contributed by atoms with van der Waals surface area (Å²) in [7, 11) is 0. The summed E-state index contributed by atoms with van der Waals surface area (Å²) < 4.78 is 1.70.